The van der Waals surface area contributed by atoms with Gasteiger partial charge in [-0.15, -0.1) is 0 Å². The van der Waals surface area contributed by atoms with Crippen LogP contribution in [-0.4, -0.2) is 43.9 Å². The van der Waals surface area contributed by atoms with Gasteiger partial charge in [0.25, 0.3) is 0 Å². The monoisotopic (exact) mass is 330 g/mol. The number of amides is 1. The fraction of sp³-hybridized carbons (Fsp3) is 0.462. The number of hydrogen-bond acceptors (Lipinski definition) is 4. The highest BCUT2D eigenvalue weighted by atomic mass is 79.9. The standard InChI is InChI=1S/C13H19BrN2O3/c14-11-3-1-4-12(9-11)16-13(18)10-15-5-2-7-19-8-6-17/h1,3-4,9,15,17H,2,5-8,10H2,(H,16,18). The summed E-state index contributed by atoms with van der Waals surface area (Å²) in [4.78, 5) is 11.6. The molecule has 0 saturated heterocycles. The van der Waals surface area contributed by atoms with E-state index >= 15 is 0 Å². The van der Waals surface area contributed by atoms with Crippen molar-refractivity contribution in [2.75, 3.05) is 38.2 Å². The molecule has 0 bridgehead atoms. The van der Waals surface area contributed by atoms with Gasteiger partial charge in [0.05, 0.1) is 19.8 Å². The van der Waals surface area contributed by atoms with Gasteiger partial charge in [-0.3, -0.25) is 4.79 Å². The van der Waals surface area contributed by atoms with Crippen LogP contribution in [0, 0.1) is 0 Å². The fourth-order valence-electron chi connectivity index (χ4n) is 1.44. The average Bonchev–Trinajstić information content (AvgIpc) is 2.37. The van der Waals surface area contributed by atoms with E-state index in [0.29, 0.717) is 19.8 Å². The van der Waals surface area contributed by atoms with Gasteiger partial charge in [0.1, 0.15) is 0 Å². The third-order valence-corrected chi connectivity index (χ3v) is 2.77. The number of nitrogens with one attached hydrogen (secondary N) is 2. The summed E-state index contributed by atoms with van der Waals surface area (Å²) in [5.74, 6) is -0.0747. The number of benzene rings is 1. The predicted octanol–water partition coefficient (Wildman–Crippen LogP) is 1.38. The molecule has 1 aromatic rings. The highest BCUT2D eigenvalue weighted by Gasteiger charge is 2.01. The van der Waals surface area contributed by atoms with E-state index in [-0.39, 0.29) is 19.1 Å². The predicted molar refractivity (Wildman–Crippen MR) is 78.2 cm³/mol. The molecule has 0 spiro atoms. The number of ether oxygens (including phenoxy) is 1. The van der Waals surface area contributed by atoms with Gasteiger partial charge in [-0.1, -0.05) is 22.0 Å². The van der Waals surface area contributed by atoms with Gasteiger partial charge >= 0.3 is 0 Å². The fourth-order valence-corrected chi connectivity index (χ4v) is 1.84. The Hall–Kier alpha value is -0.950. The van der Waals surface area contributed by atoms with Crippen LogP contribution >= 0.6 is 15.9 Å². The number of rotatable bonds is 9. The van der Waals surface area contributed by atoms with Crippen molar-refractivity contribution in [3.63, 3.8) is 0 Å². The molecule has 106 valence electrons. The number of aliphatic hydroxyl groups is 1. The molecule has 5 nitrogen and oxygen atoms in total. The van der Waals surface area contributed by atoms with Crippen molar-refractivity contribution in [1.82, 2.24) is 5.32 Å². The first kappa shape index (κ1) is 16.1. The molecular weight excluding hydrogens is 312 g/mol. The maximum absolute atomic E-state index is 11.6. The Bertz CT molecular complexity index is 388. The molecule has 0 aliphatic carbocycles. The van der Waals surface area contributed by atoms with E-state index in [1.807, 2.05) is 24.3 Å². The lowest BCUT2D eigenvalue weighted by atomic mass is 10.3. The van der Waals surface area contributed by atoms with Crippen LogP contribution in [0.5, 0.6) is 0 Å². The zero-order valence-electron chi connectivity index (χ0n) is 10.7. The largest absolute Gasteiger partial charge is 0.394 e. The van der Waals surface area contributed by atoms with E-state index in [1.54, 1.807) is 0 Å². The molecule has 0 heterocycles. The van der Waals surface area contributed by atoms with Crippen molar-refractivity contribution in [2.24, 2.45) is 0 Å². The number of halogens is 1. The second kappa shape index (κ2) is 9.91. The van der Waals surface area contributed by atoms with Crippen molar-refractivity contribution < 1.29 is 14.6 Å². The topological polar surface area (TPSA) is 70.6 Å². The molecule has 19 heavy (non-hydrogen) atoms. The Morgan fingerprint density at radius 2 is 2.21 bits per heavy atom. The van der Waals surface area contributed by atoms with Crippen LogP contribution < -0.4 is 10.6 Å². The highest BCUT2D eigenvalue weighted by molar-refractivity contribution is 9.10. The molecule has 0 radical (unpaired) electrons. The van der Waals surface area contributed by atoms with E-state index in [4.69, 9.17) is 9.84 Å². The lowest BCUT2D eigenvalue weighted by molar-refractivity contribution is -0.115. The third-order valence-electron chi connectivity index (χ3n) is 2.27. The Morgan fingerprint density at radius 3 is 2.95 bits per heavy atom. The Kier molecular flexibility index (Phi) is 8.40. The third kappa shape index (κ3) is 7.94. The molecule has 0 fully saturated rings. The van der Waals surface area contributed by atoms with Crippen LogP contribution in [-0.2, 0) is 9.53 Å². The highest BCUT2D eigenvalue weighted by Crippen LogP contribution is 2.15. The molecule has 0 saturated carbocycles. The van der Waals surface area contributed by atoms with E-state index < -0.39 is 0 Å². The zero-order chi connectivity index (χ0) is 13.9. The molecule has 1 amide bonds. The van der Waals surface area contributed by atoms with Crippen LogP contribution in [0.15, 0.2) is 28.7 Å². The summed E-state index contributed by atoms with van der Waals surface area (Å²) in [7, 11) is 0. The maximum atomic E-state index is 11.6. The quantitative estimate of drug-likeness (QED) is 0.598. The lowest BCUT2D eigenvalue weighted by Gasteiger charge is -2.07. The smallest absolute Gasteiger partial charge is 0.238 e. The summed E-state index contributed by atoms with van der Waals surface area (Å²) in [6.07, 6.45) is 0.810. The minimum Gasteiger partial charge on any atom is -0.394 e. The van der Waals surface area contributed by atoms with Crippen molar-refractivity contribution in [3.05, 3.63) is 28.7 Å². The minimum atomic E-state index is -0.0747. The maximum Gasteiger partial charge on any atom is 0.238 e. The molecule has 0 atom stereocenters. The van der Waals surface area contributed by atoms with Gasteiger partial charge < -0.3 is 20.5 Å². The number of carbonyl (C=O) groups is 1. The van der Waals surface area contributed by atoms with E-state index in [1.165, 1.54) is 0 Å². The van der Waals surface area contributed by atoms with Gasteiger partial charge in [0.15, 0.2) is 0 Å². The first-order chi connectivity index (χ1) is 9.22. The van der Waals surface area contributed by atoms with Crippen LogP contribution in [0.3, 0.4) is 0 Å². The van der Waals surface area contributed by atoms with Crippen molar-refractivity contribution in [2.45, 2.75) is 6.42 Å². The van der Waals surface area contributed by atoms with Gasteiger partial charge in [0.2, 0.25) is 5.91 Å². The summed E-state index contributed by atoms with van der Waals surface area (Å²) in [5.41, 5.74) is 0.771. The van der Waals surface area contributed by atoms with E-state index in [9.17, 15) is 4.79 Å². The second-order valence-electron chi connectivity index (χ2n) is 3.92. The van der Waals surface area contributed by atoms with Gasteiger partial charge in [0, 0.05) is 16.8 Å². The average molecular weight is 331 g/mol. The number of hydrogen-bond donors (Lipinski definition) is 3. The number of carbonyl (C=O) groups excluding carboxylic acids is 1. The number of aliphatic hydroxyl groups excluding tert-OH is 1. The van der Waals surface area contributed by atoms with Crippen molar-refractivity contribution >= 4 is 27.5 Å². The van der Waals surface area contributed by atoms with Crippen LogP contribution in [0.25, 0.3) is 0 Å². The Labute approximate surface area is 121 Å². The molecular formula is C13H19BrN2O3. The molecule has 1 aromatic carbocycles. The summed E-state index contributed by atoms with van der Waals surface area (Å²) in [6, 6.07) is 7.46. The normalized spacial score (nSPS) is 10.4. The first-order valence-corrected chi connectivity index (χ1v) is 6.96. The Morgan fingerprint density at radius 1 is 1.37 bits per heavy atom. The van der Waals surface area contributed by atoms with Crippen molar-refractivity contribution in [3.8, 4) is 0 Å². The van der Waals surface area contributed by atoms with E-state index in [0.717, 1.165) is 16.6 Å². The molecule has 0 aliphatic rings. The second-order valence-corrected chi connectivity index (χ2v) is 4.84. The van der Waals surface area contributed by atoms with Crippen LogP contribution in [0.4, 0.5) is 5.69 Å². The molecule has 3 N–H and O–H groups in total. The number of anilines is 1. The van der Waals surface area contributed by atoms with Gasteiger partial charge in [-0.05, 0) is 31.2 Å². The molecule has 0 aliphatic heterocycles. The summed E-state index contributed by atoms with van der Waals surface area (Å²) < 4.78 is 6.03. The van der Waals surface area contributed by atoms with Crippen LogP contribution in [0.1, 0.15) is 6.42 Å². The van der Waals surface area contributed by atoms with Gasteiger partial charge in [-0.25, -0.2) is 0 Å². The Balaban J connectivity index is 2.08. The molecule has 6 heteroatoms. The molecule has 0 aromatic heterocycles. The van der Waals surface area contributed by atoms with Gasteiger partial charge in [-0.2, -0.15) is 0 Å². The molecule has 0 unspecified atom stereocenters. The van der Waals surface area contributed by atoms with Crippen LogP contribution in [0.2, 0.25) is 0 Å². The SMILES string of the molecule is O=C(CNCCCOCCO)Nc1cccc(Br)c1. The minimum absolute atomic E-state index is 0.0441. The zero-order valence-corrected chi connectivity index (χ0v) is 12.3. The summed E-state index contributed by atoms with van der Waals surface area (Å²) in [6.45, 7) is 1.97. The first-order valence-electron chi connectivity index (χ1n) is 6.17. The summed E-state index contributed by atoms with van der Waals surface area (Å²) in [5, 5.41) is 14.3. The van der Waals surface area contributed by atoms with E-state index in [2.05, 4.69) is 26.6 Å². The van der Waals surface area contributed by atoms with Crippen molar-refractivity contribution in [1.29, 1.82) is 0 Å². The lowest BCUT2D eigenvalue weighted by Crippen LogP contribution is -2.29. The molecule has 1 rings (SSSR count). The summed E-state index contributed by atoms with van der Waals surface area (Å²) >= 11 is 3.35.